The smallest absolute Gasteiger partial charge is 0.303 e. The summed E-state index contributed by atoms with van der Waals surface area (Å²) >= 11 is 5.89. The van der Waals surface area contributed by atoms with E-state index in [1.807, 2.05) is 0 Å². The molecule has 0 bridgehead atoms. The summed E-state index contributed by atoms with van der Waals surface area (Å²) in [5.41, 5.74) is 0.913. The zero-order valence-electron chi connectivity index (χ0n) is 11.1. The fourth-order valence-electron chi connectivity index (χ4n) is 2.11. The van der Waals surface area contributed by atoms with Gasteiger partial charge in [0.1, 0.15) is 5.75 Å². The number of hydrogen-bond acceptors (Lipinski definition) is 3. The molecule has 1 aliphatic heterocycles. The van der Waals surface area contributed by atoms with Gasteiger partial charge in [-0.05, 0) is 37.1 Å². The van der Waals surface area contributed by atoms with Crippen LogP contribution in [0.1, 0.15) is 25.3 Å². The van der Waals surface area contributed by atoms with Crippen LogP contribution in [-0.4, -0.2) is 29.1 Å². The predicted molar refractivity (Wildman–Crippen MR) is 74.0 cm³/mol. The minimum Gasteiger partial charge on any atom is -0.481 e. The number of hydrogen-bond donors (Lipinski definition) is 2. The van der Waals surface area contributed by atoms with Crippen LogP contribution in [0.15, 0.2) is 18.2 Å². The van der Waals surface area contributed by atoms with Crippen LogP contribution in [-0.2, 0) is 16.0 Å². The molecule has 2 N–H and O–H groups in total. The molecule has 0 radical (unpaired) electrons. The van der Waals surface area contributed by atoms with Crippen LogP contribution in [0.5, 0.6) is 5.75 Å². The highest BCUT2D eigenvalue weighted by Gasteiger charge is 2.29. The fourth-order valence-corrected chi connectivity index (χ4v) is 2.31. The largest absolute Gasteiger partial charge is 0.481 e. The number of rotatable bonds is 5. The van der Waals surface area contributed by atoms with E-state index in [-0.39, 0.29) is 18.4 Å². The lowest BCUT2D eigenvalue weighted by atomic mass is 10.1. The van der Waals surface area contributed by atoms with Crippen molar-refractivity contribution in [3.05, 3.63) is 28.8 Å². The molecule has 1 amide bonds. The Hall–Kier alpha value is -1.75. The lowest BCUT2D eigenvalue weighted by Crippen LogP contribution is -2.42. The summed E-state index contributed by atoms with van der Waals surface area (Å²) in [6.45, 7) is 1.78. The molecule has 0 fully saturated rings. The van der Waals surface area contributed by atoms with Crippen LogP contribution in [0.2, 0.25) is 5.02 Å². The van der Waals surface area contributed by atoms with E-state index in [9.17, 15) is 9.59 Å². The van der Waals surface area contributed by atoms with E-state index in [4.69, 9.17) is 21.4 Å². The first-order chi connectivity index (χ1) is 9.45. The van der Waals surface area contributed by atoms with Crippen LogP contribution in [0.4, 0.5) is 0 Å². The number of carboxylic acid groups (broad SMARTS) is 1. The molecule has 0 saturated carbocycles. The van der Waals surface area contributed by atoms with E-state index in [0.717, 1.165) is 5.56 Å². The molecule has 0 aromatic heterocycles. The molecule has 1 aromatic rings. The van der Waals surface area contributed by atoms with Crippen LogP contribution >= 0.6 is 11.6 Å². The van der Waals surface area contributed by atoms with Crippen molar-refractivity contribution in [2.75, 3.05) is 0 Å². The van der Waals surface area contributed by atoms with Crippen LogP contribution in [0.25, 0.3) is 0 Å². The molecule has 108 valence electrons. The van der Waals surface area contributed by atoms with Crippen molar-refractivity contribution in [2.45, 2.75) is 38.3 Å². The summed E-state index contributed by atoms with van der Waals surface area (Å²) < 4.78 is 5.56. The van der Waals surface area contributed by atoms with E-state index in [0.29, 0.717) is 23.6 Å². The zero-order chi connectivity index (χ0) is 14.7. The van der Waals surface area contributed by atoms with Gasteiger partial charge in [-0.15, -0.1) is 0 Å². The molecule has 1 aromatic carbocycles. The molecule has 0 spiro atoms. The van der Waals surface area contributed by atoms with Gasteiger partial charge in [0, 0.05) is 23.9 Å². The van der Waals surface area contributed by atoms with E-state index >= 15 is 0 Å². The maximum atomic E-state index is 12.0. The van der Waals surface area contributed by atoms with Crippen molar-refractivity contribution in [2.24, 2.45) is 0 Å². The number of ether oxygens (including phenoxy) is 1. The molecule has 6 heteroatoms. The van der Waals surface area contributed by atoms with Gasteiger partial charge in [-0.3, -0.25) is 9.59 Å². The first-order valence-electron chi connectivity index (χ1n) is 6.43. The van der Waals surface area contributed by atoms with E-state index in [1.165, 1.54) is 0 Å². The fraction of sp³-hybridized carbons (Fsp3) is 0.429. The molecule has 2 atom stereocenters. The maximum Gasteiger partial charge on any atom is 0.303 e. The van der Waals surface area contributed by atoms with Gasteiger partial charge in [0.05, 0.1) is 0 Å². The third-order valence-corrected chi connectivity index (χ3v) is 3.40. The van der Waals surface area contributed by atoms with Crippen LogP contribution in [0, 0.1) is 0 Å². The molecule has 0 aliphatic carbocycles. The molecule has 2 rings (SSSR count). The second kappa shape index (κ2) is 6.13. The van der Waals surface area contributed by atoms with Crippen LogP contribution in [0.3, 0.4) is 0 Å². The van der Waals surface area contributed by atoms with E-state index in [2.05, 4.69) is 5.32 Å². The van der Waals surface area contributed by atoms with Crippen molar-refractivity contribution in [3.63, 3.8) is 0 Å². The number of carbonyl (C=O) groups is 2. The highest BCUT2D eigenvalue weighted by molar-refractivity contribution is 6.30. The third kappa shape index (κ3) is 3.63. The van der Waals surface area contributed by atoms with Crippen molar-refractivity contribution in [3.8, 4) is 5.75 Å². The minimum atomic E-state index is -0.870. The summed E-state index contributed by atoms with van der Waals surface area (Å²) in [6, 6.07) is 5.06. The standard InChI is InChI=1S/C14H16ClNO4/c1-8(2-5-13(17)18)16-14(19)12-7-9-6-10(15)3-4-11(9)20-12/h3-4,6,8,12H,2,5,7H2,1H3,(H,16,19)(H,17,18). The van der Waals surface area contributed by atoms with Gasteiger partial charge in [-0.25, -0.2) is 0 Å². The van der Waals surface area contributed by atoms with Gasteiger partial charge >= 0.3 is 5.97 Å². The monoisotopic (exact) mass is 297 g/mol. The molecular formula is C14H16ClNO4. The first-order valence-corrected chi connectivity index (χ1v) is 6.80. The molecule has 5 nitrogen and oxygen atoms in total. The van der Waals surface area contributed by atoms with Gasteiger partial charge in [-0.2, -0.15) is 0 Å². The third-order valence-electron chi connectivity index (χ3n) is 3.17. The Balaban J connectivity index is 1.88. The van der Waals surface area contributed by atoms with Crippen molar-refractivity contribution < 1.29 is 19.4 Å². The lowest BCUT2D eigenvalue weighted by molar-refractivity contribution is -0.137. The number of halogens is 1. The number of aliphatic carboxylic acids is 1. The van der Waals surface area contributed by atoms with Gasteiger partial charge in [0.25, 0.3) is 5.91 Å². The summed E-state index contributed by atoms with van der Waals surface area (Å²) in [5, 5.41) is 12.0. The Morgan fingerprint density at radius 2 is 2.30 bits per heavy atom. The normalized spacial score (nSPS) is 18.0. The summed E-state index contributed by atoms with van der Waals surface area (Å²) in [5.74, 6) is -0.423. The quantitative estimate of drug-likeness (QED) is 0.872. The molecular weight excluding hydrogens is 282 g/mol. The van der Waals surface area contributed by atoms with Gasteiger partial charge < -0.3 is 15.2 Å². The second-order valence-electron chi connectivity index (χ2n) is 4.90. The number of nitrogens with one attached hydrogen (secondary N) is 1. The number of amides is 1. The van der Waals surface area contributed by atoms with E-state index < -0.39 is 12.1 Å². The van der Waals surface area contributed by atoms with Crippen molar-refractivity contribution >= 4 is 23.5 Å². The lowest BCUT2D eigenvalue weighted by Gasteiger charge is -2.16. The molecule has 1 aliphatic rings. The summed E-state index contributed by atoms with van der Waals surface area (Å²) in [7, 11) is 0. The molecule has 1 heterocycles. The van der Waals surface area contributed by atoms with Gasteiger partial charge in [-0.1, -0.05) is 11.6 Å². The highest BCUT2D eigenvalue weighted by Crippen LogP contribution is 2.31. The number of fused-ring (bicyclic) bond motifs is 1. The van der Waals surface area contributed by atoms with E-state index in [1.54, 1.807) is 25.1 Å². The first kappa shape index (κ1) is 14.7. The Morgan fingerprint density at radius 3 is 3.00 bits per heavy atom. The van der Waals surface area contributed by atoms with Crippen LogP contribution < -0.4 is 10.1 Å². The number of carbonyl (C=O) groups excluding carboxylic acids is 1. The highest BCUT2D eigenvalue weighted by atomic mass is 35.5. The number of carboxylic acids is 1. The second-order valence-corrected chi connectivity index (χ2v) is 5.34. The van der Waals surface area contributed by atoms with Crippen molar-refractivity contribution in [1.29, 1.82) is 0 Å². The Kier molecular flexibility index (Phi) is 4.49. The minimum absolute atomic E-state index is 0.0306. The zero-order valence-corrected chi connectivity index (χ0v) is 11.8. The maximum absolute atomic E-state index is 12.0. The molecule has 20 heavy (non-hydrogen) atoms. The predicted octanol–water partition coefficient (Wildman–Crippen LogP) is 2.01. The summed E-state index contributed by atoms with van der Waals surface area (Å²) in [4.78, 5) is 22.5. The van der Waals surface area contributed by atoms with Gasteiger partial charge in [0.15, 0.2) is 6.10 Å². The average molecular weight is 298 g/mol. The topological polar surface area (TPSA) is 75.6 Å². The van der Waals surface area contributed by atoms with Crippen molar-refractivity contribution in [1.82, 2.24) is 5.32 Å². The average Bonchev–Trinajstić information content (AvgIpc) is 2.79. The Labute approximate surface area is 121 Å². The summed E-state index contributed by atoms with van der Waals surface area (Å²) in [6.07, 6.45) is 0.332. The Bertz CT molecular complexity index is 532. The molecule has 0 saturated heterocycles. The molecule has 2 unspecified atom stereocenters. The van der Waals surface area contributed by atoms with Gasteiger partial charge in [0.2, 0.25) is 0 Å². The number of benzene rings is 1. The Morgan fingerprint density at radius 1 is 1.55 bits per heavy atom. The SMILES string of the molecule is CC(CCC(=O)O)NC(=O)C1Cc2cc(Cl)ccc2O1.